The van der Waals surface area contributed by atoms with Gasteiger partial charge in [0.15, 0.2) is 11.6 Å². The number of nitrogens with zero attached hydrogens (tertiary/aromatic N) is 4. The molecule has 2 aromatic heterocycles. The molecule has 0 spiro atoms. The van der Waals surface area contributed by atoms with Crippen LogP contribution in [0.3, 0.4) is 0 Å². The number of nitrogens with two attached hydrogens (primary N) is 1. The van der Waals surface area contributed by atoms with E-state index >= 15 is 0 Å². The summed E-state index contributed by atoms with van der Waals surface area (Å²) in [6, 6.07) is 3.75. The lowest BCUT2D eigenvalue weighted by molar-refractivity contribution is 0.122. The van der Waals surface area contributed by atoms with E-state index in [0.29, 0.717) is 30.5 Å². The molecule has 0 unspecified atom stereocenters. The van der Waals surface area contributed by atoms with E-state index in [2.05, 4.69) is 41.1 Å². The van der Waals surface area contributed by atoms with Crippen molar-refractivity contribution in [2.24, 2.45) is 0 Å². The Labute approximate surface area is 130 Å². The number of rotatable bonds is 3. The minimum absolute atomic E-state index is 0.518. The second-order valence-corrected chi connectivity index (χ2v) is 5.46. The van der Waals surface area contributed by atoms with Crippen LogP contribution in [-0.4, -0.2) is 41.3 Å². The first kappa shape index (κ1) is 14.0. The van der Waals surface area contributed by atoms with Gasteiger partial charge >= 0.3 is 0 Å². The molecule has 0 aromatic carbocycles. The fourth-order valence-electron chi connectivity index (χ4n) is 2.08. The lowest BCUT2D eigenvalue weighted by Gasteiger charge is -2.28. The fourth-order valence-corrected chi connectivity index (χ4v) is 2.32. The van der Waals surface area contributed by atoms with Crippen LogP contribution in [0.25, 0.3) is 0 Å². The number of ether oxygens (including phenoxy) is 1. The van der Waals surface area contributed by atoms with Crippen LogP contribution in [-0.2, 0) is 4.74 Å². The molecule has 21 heavy (non-hydrogen) atoms. The Morgan fingerprint density at radius 3 is 2.71 bits per heavy atom. The summed E-state index contributed by atoms with van der Waals surface area (Å²) in [6.45, 7) is 2.91. The number of morpholine rings is 1. The van der Waals surface area contributed by atoms with Crippen molar-refractivity contribution in [2.45, 2.75) is 0 Å². The molecule has 2 aromatic rings. The van der Waals surface area contributed by atoms with Crippen molar-refractivity contribution >= 4 is 39.1 Å². The van der Waals surface area contributed by atoms with E-state index in [1.807, 2.05) is 12.1 Å². The molecule has 0 radical (unpaired) electrons. The Morgan fingerprint density at radius 2 is 2.00 bits per heavy atom. The zero-order chi connectivity index (χ0) is 14.7. The molecule has 1 fully saturated rings. The van der Waals surface area contributed by atoms with Gasteiger partial charge in [0.25, 0.3) is 0 Å². The molecule has 0 aliphatic carbocycles. The van der Waals surface area contributed by atoms with Gasteiger partial charge in [-0.25, -0.2) is 15.0 Å². The van der Waals surface area contributed by atoms with Crippen molar-refractivity contribution in [3.63, 3.8) is 0 Å². The van der Waals surface area contributed by atoms with Crippen molar-refractivity contribution in [2.75, 3.05) is 42.3 Å². The van der Waals surface area contributed by atoms with Crippen molar-refractivity contribution < 1.29 is 4.74 Å². The molecule has 110 valence electrons. The summed E-state index contributed by atoms with van der Waals surface area (Å²) < 4.78 is 6.26. The van der Waals surface area contributed by atoms with Gasteiger partial charge in [0.1, 0.15) is 17.8 Å². The molecule has 0 atom stereocenters. The molecule has 1 saturated heterocycles. The quantitative estimate of drug-likeness (QED) is 0.872. The Hall–Kier alpha value is -1.93. The predicted octanol–water partition coefficient (Wildman–Crippen LogP) is 1.80. The molecular weight excluding hydrogens is 336 g/mol. The largest absolute Gasteiger partial charge is 0.393 e. The standard InChI is InChI=1S/C13H15BrN6O/c14-9-1-2-10(16-7-9)19-12-11(15)13(18-8-17-12)20-3-5-21-6-4-20/h1-2,7-8H,3-6,15H2,(H,16,17,18,19). The zero-order valence-electron chi connectivity index (χ0n) is 11.3. The number of nitrogen functional groups attached to an aromatic ring is 1. The highest BCUT2D eigenvalue weighted by atomic mass is 79.9. The smallest absolute Gasteiger partial charge is 0.160 e. The second kappa shape index (κ2) is 6.23. The van der Waals surface area contributed by atoms with Crippen LogP contribution in [0.15, 0.2) is 29.1 Å². The summed E-state index contributed by atoms with van der Waals surface area (Å²) in [6.07, 6.45) is 3.21. The minimum Gasteiger partial charge on any atom is -0.393 e. The molecule has 0 bridgehead atoms. The lowest BCUT2D eigenvalue weighted by Crippen LogP contribution is -2.37. The van der Waals surface area contributed by atoms with Crippen LogP contribution in [0.1, 0.15) is 0 Å². The zero-order valence-corrected chi connectivity index (χ0v) is 12.9. The third-order valence-corrected chi connectivity index (χ3v) is 3.62. The van der Waals surface area contributed by atoms with Crippen LogP contribution < -0.4 is 16.0 Å². The number of anilines is 4. The third-order valence-electron chi connectivity index (χ3n) is 3.15. The van der Waals surface area contributed by atoms with Gasteiger partial charge < -0.3 is 20.7 Å². The molecule has 7 nitrogen and oxygen atoms in total. The first-order valence-electron chi connectivity index (χ1n) is 6.56. The highest BCUT2D eigenvalue weighted by molar-refractivity contribution is 9.10. The predicted molar refractivity (Wildman–Crippen MR) is 84.7 cm³/mol. The molecule has 8 heteroatoms. The van der Waals surface area contributed by atoms with Crippen LogP contribution in [0.4, 0.5) is 23.1 Å². The maximum Gasteiger partial charge on any atom is 0.160 e. The minimum atomic E-state index is 0.518. The molecule has 1 aliphatic rings. The second-order valence-electron chi connectivity index (χ2n) is 4.55. The van der Waals surface area contributed by atoms with E-state index in [1.54, 1.807) is 6.20 Å². The highest BCUT2D eigenvalue weighted by Gasteiger charge is 2.17. The van der Waals surface area contributed by atoms with E-state index in [-0.39, 0.29) is 0 Å². The number of pyridine rings is 1. The maximum absolute atomic E-state index is 6.18. The SMILES string of the molecule is Nc1c(Nc2ccc(Br)cn2)ncnc1N1CCOCC1. The van der Waals surface area contributed by atoms with Gasteiger partial charge in [0.05, 0.1) is 13.2 Å². The summed E-state index contributed by atoms with van der Waals surface area (Å²) >= 11 is 3.35. The van der Waals surface area contributed by atoms with Gasteiger partial charge in [-0.1, -0.05) is 0 Å². The lowest BCUT2D eigenvalue weighted by atomic mass is 10.3. The van der Waals surface area contributed by atoms with Gasteiger partial charge in [0.2, 0.25) is 0 Å². The van der Waals surface area contributed by atoms with Crippen LogP contribution in [0, 0.1) is 0 Å². The summed E-state index contributed by atoms with van der Waals surface area (Å²) in [5.41, 5.74) is 6.70. The Morgan fingerprint density at radius 1 is 1.19 bits per heavy atom. The first-order chi connectivity index (χ1) is 10.2. The average Bonchev–Trinajstić information content (AvgIpc) is 2.52. The highest BCUT2D eigenvalue weighted by Crippen LogP contribution is 2.28. The maximum atomic E-state index is 6.18. The summed E-state index contributed by atoms with van der Waals surface area (Å²) in [4.78, 5) is 14.8. The van der Waals surface area contributed by atoms with Crippen molar-refractivity contribution in [1.29, 1.82) is 0 Å². The number of halogens is 1. The van der Waals surface area contributed by atoms with Crippen molar-refractivity contribution in [3.8, 4) is 0 Å². The summed E-state index contributed by atoms with van der Waals surface area (Å²) in [5, 5.41) is 3.11. The molecule has 0 amide bonds. The Kier molecular flexibility index (Phi) is 4.16. The van der Waals surface area contributed by atoms with Crippen molar-refractivity contribution in [1.82, 2.24) is 15.0 Å². The van der Waals surface area contributed by atoms with E-state index < -0.39 is 0 Å². The Bertz CT molecular complexity index is 615. The molecule has 3 heterocycles. The molecule has 3 rings (SSSR count). The van der Waals surface area contributed by atoms with Crippen molar-refractivity contribution in [3.05, 3.63) is 29.1 Å². The van der Waals surface area contributed by atoms with Gasteiger partial charge in [-0.05, 0) is 28.1 Å². The summed E-state index contributed by atoms with van der Waals surface area (Å²) in [7, 11) is 0. The average molecular weight is 351 g/mol. The number of aromatic nitrogens is 3. The van der Waals surface area contributed by atoms with Gasteiger partial charge in [-0.15, -0.1) is 0 Å². The molecule has 3 N–H and O–H groups in total. The first-order valence-corrected chi connectivity index (χ1v) is 7.35. The number of nitrogens with one attached hydrogen (secondary N) is 1. The van der Waals surface area contributed by atoms with E-state index in [1.165, 1.54) is 6.33 Å². The monoisotopic (exact) mass is 350 g/mol. The molecule has 1 aliphatic heterocycles. The summed E-state index contributed by atoms with van der Waals surface area (Å²) in [5.74, 6) is 1.96. The third kappa shape index (κ3) is 3.22. The van der Waals surface area contributed by atoms with Crippen LogP contribution in [0.5, 0.6) is 0 Å². The van der Waals surface area contributed by atoms with E-state index in [4.69, 9.17) is 10.5 Å². The van der Waals surface area contributed by atoms with Crippen LogP contribution in [0.2, 0.25) is 0 Å². The molecular formula is C13H15BrN6O. The van der Waals surface area contributed by atoms with Crippen LogP contribution >= 0.6 is 15.9 Å². The molecule has 0 saturated carbocycles. The topological polar surface area (TPSA) is 89.2 Å². The normalized spacial score (nSPS) is 15.0. The van der Waals surface area contributed by atoms with E-state index in [0.717, 1.165) is 23.4 Å². The number of hydrogen-bond acceptors (Lipinski definition) is 7. The Balaban J connectivity index is 1.84. The van der Waals surface area contributed by atoms with Gasteiger partial charge in [-0.2, -0.15) is 0 Å². The van der Waals surface area contributed by atoms with Gasteiger partial charge in [0, 0.05) is 23.8 Å². The number of hydrogen-bond donors (Lipinski definition) is 2. The van der Waals surface area contributed by atoms with Gasteiger partial charge in [-0.3, -0.25) is 0 Å². The van der Waals surface area contributed by atoms with E-state index in [9.17, 15) is 0 Å². The fraction of sp³-hybridized carbons (Fsp3) is 0.308.